The lowest BCUT2D eigenvalue weighted by Gasteiger charge is -2.30. The number of hydrazine groups is 1. The fourth-order valence-electron chi connectivity index (χ4n) is 2.16. The molecule has 16 heavy (non-hydrogen) atoms. The lowest BCUT2D eigenvalue weighted by molar-refractivity contribution is -0.135. The largest absolute Gasteiger partial charge is 0.378 e. The summed E-state index contributed by atoms with van der Waals surface area (Å²) in [6.45, 7) is 5.39. The van der Waals surface area contributed by atoms with E-state index in [1.54, 1.807) is 0 Å². The van der Waals surface area contributed by atoms with Gasteiger partial charge in [-0.15, -0.1) is 0 Å². The minimum atomic E-state index is 0.189. The van der Waals surface area contributed by atoms with Crippen LogP contribution in [0.1, 0.15) is 19.3 Å². The average Bonchev–Trinajstić information content (AvgIpc) is 2.38. The van der Waals surface area contributed by atoms with Gasteiger partial charge < -0.3 is 9.64 Å². The van der Waals surface area contributed by atoms with Gasteiger partial charge in [0.25, 0.3) is 0 Å². The van der Waals surface area contributed by atoms with Crippen molar-refractivity contribution in [2.75, 3.05) is 45.9 Å². The molecule has 0 aromatic rings. The number of piperidine rings is 1. The third-order valence-electron chi connectivity index (χ3n) is 3.17. The van der Waals surface area contributed by atoms with Gasteiger partial charge in [0.15, 0.2) is 0 Å². The standard InChI is InChI=1S/C11H21N3O2/c15-11(13-6-8-16-9-7-13)10-12-14-4-2-1-3-5-14/h12H,1-10H2. The molecule has 2 saturated heterocycles. The van der Waals surface area contributed by atoms with E-state index in [0.717, 1.165) is 26.2 Å². The molecule has 2 fully saturated rings. The summed E-state index contributed by atoms with van der Waals surface area (Å²) in [7, 11) is 0. The van der Waals surface area contributed by atoms with Crippen LogP contribution in [0.5, 0.6) is 0 Å². The first-order valence-electron chi connectivity index (χ1n) is 6.20. The summed E-state index contributed by atoms with van der Waals surface area (Å²) in [4.78, 5) is 13.7. The van der Waals surface area contributed by atoms with Crippen LogP contribution in [0.15, 0.2) is 0 Å². The molecule has 1 N–H and O–H groups in total. The predicted octanol–water partition coefficient (Wildman–Crippen LogP) is -0.164. The zero-order chi connectivity index (χ0) is 11.2. The molecule has 5 nitrogen and oxygen atoms in total. The number of hydrogen-bond donors (Lipinski definition) is 1. The number of amides is 1. The molecular weight excluding hydrogens is 206 g/mol. The minimum absolute atomic E-state index is 0.189. The highest BCUT2D eigenvalue weighted by Gasteiger charge is 2.17. The van der Waals surface area contributed by atoms with Gasteiger partial charge in [-0.1, -0.05) is 6.42 Å². The van der Waals surface area contributed by atoms with Crippen molar-refractivity contribution in [2.45, 2.75) is 19.3 Å². The lowest BCUT2D eigenvalue weighted by atomic mass is 10.2. The molecule has 0 unspecified atom stereocenters. The molecule has 0 aliphatic carbocycles. The molecule has 0 atom stereocenters. The van der Waals surface area contributed by atoms with E-state index in [4.69, 9.17) is 4.74 Å². The van der Waals surface area contributed by atoms with Crippen LogP contribution < -0.4 is 5.43 Å². The van der Waals surface area contributed by atoms with Crippen molar-refractivity contribution >= 4 is 5.91 Å². The summed E-state index contributed by atoms with van der Waals surface area (Å²) in [6.07, 6.45) is 3.78. The number of hydrogen-bond acceptors (Lipinski definition) is 4. The second kappa shape index (κ2) is 6.18. The Morgan fingerprint density at radius 3 is 2.44 bits per heavy atom. The van der Waals surface area contributed by atoms with Crippen molar-refractivity contribution in [3.63, 3.8) is 0 Å². The van der Waals surface area contributed by atoms with Crippen molar-refractivity contribution < 1.29 is 9.53 Å². The minimum Gasteiger partial charge on any atom is -0.378 e. The summed E-state index contributed by atoms with van der Waals surface area (Å²) in [5.74, 6) is 0.189. The Labute approximate surface area is 96.7 Å². The van der Waals surface area contributed by atoms with E-state index in [1.165, 1.54) is 19.3 Å². The molecule has 1 amide bonds. The van der Waals surface area contributed by atoms with E-state index in [2.05, 4.69) is 10.4 Å². The summed E-state index contributed by atoms with van der Waals surface area (Å²) < 4.78 is 5.22. The van der Waals surface area contributed by atoms with Crippen molar-refractivity contribution in [1.29, 1.82) is 0 Å². The molecule has 2 aliphatic rings. The Bertz CT molecular complexity index is 223. The summed E-state index contributed by atoms with van der Waals surface area (Å²) in [5, 5.41) is 2.17. The molecule has 0 radical (unpaired) electrons. The van der Waals surface area contributed by atoms with Gasteiger partial charge in [-0.05, 0) is 12.8 Å². The van der Waals surface area contributed by atoms with Gasteiger partial charge in [0.2, 0.25) is 5.91 Å². The number of nitrogens with zero attached hydrogens (tertiary/aromatic N) is 2. The molecule has 92 valence electrons. The quantitative estimate of drug-likeness (QED) is 0.727. The molecular formula is C11H21N3O2. The van der Waals surface area contributed by atoms with E-state index >= 15 is 0 Å². The van der Waals surface area contributed by atoms with Crippen LogP contribution in [-0.4, -0.2) is 61.8 Å². The van der Waals surface area contributed by atoms with Crippen molar-refractivity contribution in [2.24, 2.45) is 0 Å². The van der Waals surface area contributed by atoms with Crippen LogP contribution in [0, 0.1) is 0 Å². The number of carbonyl (C=O) groups is 1. The molecule has 5 heteroatoms. The number of morpholine rings is 1. The van der Waals surface area contributed by atoms with Crippen LogP contribution in [0.3, 0.4) is 0 Å². The molecule has 2 heterocycles. The normalized spacial score (nSPS) is 23.4. The number of rotatable bonds is 3. The van der Waals surface area contributed by atoms with Crippen molar-refractivity contribution in [3.05, 3.63) is 0 Å². The van der Waals surface area contributed by atoms with Crippen LogP contribution in [-0.2, 0) is 9.53 Å². The summed E-state index contributed by atoms with van der Waals surface area (Å²) in [6, 6.07) is 0. The van der Waals surface area contributed by atoms with Gasteiger partial charge in [0, 0.05) is 26.2 Å². The maximum atomic E-state index is 11.8. The van der Waals surface area contributed by atoms with E-state index < -0.39 is 0 Å². The maximum Gasteiger partial charge on any atom is 0.238 e. The second-order valence-corrected chi connectivity index (χ2v) is 4.38. The first kappa shape index (κ1) is 11.8. The number of nitrogens with one attached hydrogen (secondary N) is 1. The second-order valence-electron chi connectivity index (χ2n) is 4.38. The van der Waals surface area contributed by atoms with Crippen LogP contribution in [0.25, 0.3) is 0 Å². The predicted molar refractivity (Wildman–Crippen MR) is 60.8 cm³/mol. The zero-order valence-corrected chi connectivity index (χ0v) is 9.78. The van der Waals surface area contributed by atoms with Gasteiger partial charge in [-0.25, -0.2) is 10.4 Å². The monoisotopic (exact) mass is 227 g/mol. The molecule has 0 aromatic heterocycles. The molecule has 0 saturated carbocycles. The van der Waals surface area contributed by atoms with Gasteiger partial charge in [0.1, 0.15) is 0 Å². The molecule has 0 bridgehead atoms. The Balaban J connectivity index is 1.65. The topological polar surface area (TPSA) is 44.8 Å². The highest BCUT2D eigenvalue weighted by Crippen LogP contribution is 2.05. The smallest absolute Gasteiger partial charge is 0.238 e. The fourth-order valence-corrected chi connectivity index (χ4v) is 2.16. The SMILES string of the molecule is O=C(CNN1CCCCC1)N1CCOCC1. The van der Waals surface area contributed by atoms with E-state index in [-0.39, 0.29) is 5.91 Å². The number of ether oxygens (including phenoxy) is 1. The molecule has 2 aliphatic heterocycles. The van der Waals surface area contributed by atoms with Crippen LogP contribution in [0.4, 0.5) is 0 Å². The van der Waals surface area contributed by atoms with E-state index in [9.17, 15) is 4.79 Å². The van der Waals surface area contributed by atoms with Gasteiger partial charge in [-0.2, -0.15) is 0 Å². The highest BCUT2D eigenvalue weighted by atomic mass is 16.5. The fraction of sp³-hybridized carbons (Fsp3) is 0.909. The zero-order valence-electron chi connectivity index (χ0n) is 9.78. The molecule has 0 spiro atoms. The summed E-state index contributed by atoms with van der Waals surface area (Å²) >= 11 is 0. The van der Waals surface area contributed by atoms with E-state index in [0.29, 0.717) is 19.8 Å². The van der Waals surface area contributed by atoms with Crippen LogP contribution in [0.2, 0.25) is 0 Å². The van der Waals surface area contributed by atoms with Gasteiger partial charge in [-0.3, -0.25) is 4.79 Å². The molecule has 2 rings (SSSR count). The Morgan fingerprint density at radius 2 is 1.75 bits per heavy atom. The molecule has 0 aromatic carbocycles. The van der Waals surface area contributed by atoms with E-state index in [1.807, 2.05) is 4.90 Å². The Morgan fingerprint density at radius 1 is 1.06 bits per heavy atom. The van der Waals surface area contributed by atoms with Crippen molar-refractivity contribution in [1.82, 2.24) is 15.3 Å². The maximum absolute atomic E-state index is 11.8. The Hall–Kier alpha value is -0.650. The third kappa shape index (κ3) is 3.43. The summed E-state index contributed by atoms with van der Waals surface area (Å²) in [5.41, 5.74) is 3.22. The lowest BCUT2D eigenvalue weighted by Crippen LogP contribution is -2.49. The van der Waals surface area contributed by atoms with Crippen LogP contribution >= 0.6 is 0 Å². The third-order valence-corrected chi connectivity index (χ3v) is 3.17. The Kier molecular flexibility index (Phi) is 4.56. The van der Waals surface area contributed by atoms with Crippen molar-refractivity contribution in [3.8, 4) is 0 Å². The van der Waals surface area contributed by atoms with Gasteiger partial charge in [0.05, 0.1) is 19.8 Å². The number of carbonyl (C=O) groups excluding carboxylic acids is 1. The first-order valence-corrected chi connectivity index (χ1v) is 6.20. The highest BCUT2D eigenvalue weighted by molar-refractivity contribution is 5.78. The average molecular weight is 227 g/mol. The van der Waals surface area contributed by atoms with Gasteiger partial charge >= 0.3 is 0 Å². The first-order chi connectivity index (χ1) is 7.86.